The molecule has 0 amide bonds. The van der Waals surface area contributed by atoms with Crippen LogP contribution in [0.4, 0.5) is 0 Å². The van der Waals surface area contributed by atoms with Gasteiger partial charge in [-0.15, -0.1) is 0 Å². The quantitative estimate of drug-likeness (QED) is 0.930. The second-order valence-corrected chi connectivity index (χ2v) is 5.53. The molecule has 0 aromatic carbocycles. The van der Waals surface area contributed by atoms with E-state index in [-0.39, 0.29) is 5.66 Å². The second kappa shape index (κ2) is 5.13. The van der Waals surface area contributed by atoms with Gasteiger partial charge in [0.05, 0.1) is 11.9 Å². The van der Waals surface area contributed by atoms with Crippen molar-refractivity contribution < 1.29 is 4.42 Å². The molecule has 0 saturated heterocycles. The van der Waals surface area contributed by atoms with Gasteiger partial charge in [-0.05, 0) is 37.6 Å². The number of nitrogens with one attached hydrogen (secondary N) is 1. The molecule has 0 bridgehead atoms. The number of rotatable bonds is 3. The summed E-state index contributed by atoms with van der Waals surface area (Å²) in [4.78, 5) is 6.46. The molecule has 1 N–H and O–H groups in total. The molecule has 4 nitrogen and oxygen atoms in total. The normalized spacial score (nSPS) is 17.9. The van der Waals surface area contributed by atoms with Gasteiger partial charge < -0.3 is 9.32 Å². The fraction of sp³-hybridized carbons (Fsp3) is 0.312. The molecular weight excluding hydrogens is 250 g/mol. The lowest BCUT2D eigenvalue weighted by Gasteiger charge is -2.42. The molecule has 104 valence electrons. The van der Waals surface area contributed by atoms with Crippen LogP contribution in [-0.2, 0) is 6.54 Å². The lowest BCUT2D eigenvalue weighted by Crippen LogP contribution is -2.55. The third-order valence-corrected chi connectivity index (χ3v) is 3.65. The lowest BCUT2D eigenvalue weighted by molar-refractivity contribution is 0.131. The number of furan rings is 1. The first-order valence-electron chi connectivity index (χ1n) is 6.80. The van der Waals surface area contributed by atoms with E-state index in [2.05, 4.69) is 41.3 Å². The van der Waals surface area contributed by atoms with Gasteiger partial charge in [-0.3, -0.25) is 10.3 Å². The summed E-state index contributed by atoms with van der Waals surface area (Å²) in [6, 6.07) is 7.98. The van der Waals surface area contributed by atoms with E-state index >= 15 is 0 Å². The second-order valence-electron chi connectivity index (χ2n) is 5.53. The van der Waals surface area contributed by atoms with Crippen LogP contribution < -0.4 is 5.32 Å². The Balaban J connectivity index is 1.87. The van der Waals surface area contributed by atoms with Crippen LogP contribution in [-0.4, -0.2) is 22.1 Å². The summed E-state index contributed by atoms with van der Waals surface area (Å²) in [6.07, 6.45) is 7.60. The summed E-state index contributed by atoms with van der Waals surface area (Å²) in [5.41, 5.74) is 2.27. The molecule has 20 heavy (non-hydrogen) atoms. The van der Waals surface area contributed by atoms with Crippen molar-refractivity contribution in [2.75, 3.05) is 6.54 Å². The van der Waals surface area contributed by atoms with Crippen molar-refractivity contribution in [2.24, 2.45) is 0 Å². The predicted octanol–water partition coefficient (Wildman–Crippen LogP) is 2.86. The lowest BCUT2D eigenvalue weighted by atomic mass is 10.1. The van der Waals surface area contributed by atoms with Gasteiger partial charge in [-0.2, -0.15) is 0 Å². The van der Waals surface area contributed by atoms with E-state index in [1.807, 2.05) is 24.4 Å². The number of hydrogen-bond acceptors (Lipinski definition) is 4. The van der Waals surface area contributed by atoms with Crippen LogP contribution in [0.5, 0.6) is 0 Å². The highest BCUT2D eigenvalue weighted by Gasteiger charge is 2.29. The van der Waals surface area contributed by atoms with Gasteiger partial charge in [0.1, 0.15) is 5.76 Å². The van der Waals surface area contributed by atoms with Gasteiger partial charge in [-0.25, -0.2) is 0 Å². The fourth-order valence-corrected chi connectivity index (χ4v) is 2.35. The molecule has 3 rings (SSSR count). The van der Waals surface area contributed by atoms with Crippen molar-refractivity contribution in [2.45, 2.75) is 26.1 Å². The van der Waals surface area contributed by atoms with Crippen molar-refractivity contribution in [1.82, 2.24) is 15.2 Å². The Labute approximate surface area is 119 Å². The SMILES string of the molecule is CC1(C)NCC(c2ccco2)=CN1Cc1cccnc1. The first-order valence-corrected chi connectivity index (χ1v) is 6.80. The van der Waals surface area contributed by atoms with E-state index in [0.717, 1.165) is 18.8 Å². The zero-order valence-corrected chi connectivity index (χ0v) is 11.8. The van der Waals surface area contributed by atoms with Crippen molar-refractivity contribution in [3.8, 4) is 0 Å². The Hall–Kier alpha value is -2.07. The Morgan fingerprint density at radius 3 is 2.95 bits per heavy atom. The number of nitrogens with zero attached hydrogens (tertiary/aromatic N) is 2. The van der Waals surface area contributed by atoms with Crippen LogP contribution in [0.3, 0.4) is 0 Å². The van der Waals surface area contributed by atoms with E-state index < -0.39 is 0 Å². The van der Waals surface area contributed by atoms with Crippen molar-refractivity contribution >= 4 is 5.57 Å². The zero-order chi connectivity index (χ0) is 14.0. The maximum absolute atomic E-state index is 5.49. The van der Waals surface area contributed by atoms with Gasteiger partial charge >= 0.3 is 0 Å². The van der Waals surface area contributed by atoms with Crippen LogP contribution >= 0.6 is 0 Å². The average Bonchev–Trinajstić information content (AvgIpc) is 2.96. The van der Waals surface area contributed by atoms with Crippen LogP contribution in [0.1, 0.15) is 25.2 Å². The van der Waals surface area contributed by atoms with Crippen molar-refractivity contribution in [3.05, 3.63) is 60.4 Å². The molecular formula is C16H19N3O. The summed E-state index contributed by atoms with van der Waals surface area (Å²) in [5, 5.41) is 3.54. The molecule has 0 fully saturated rings. The molecule has 0 saturated carbocycles. The Bertz CT molecular complexity index is 587. The number of pyridine rings is 1. The highest BCUT2D eigenvalue weighted by Crippen LogP contribution is 2.26. The van der Waals surface area contributed by atoms with Crippen LogP contribution in [0, 0.1) is 0 Å². The minimum atomic E-state index is -0.0913. The maximum Gasteiger partial charge on any atom is 0.132 e. The third kappa shape index (κ3) is 2.60. The summed E-state index contributed by atoms with van der Waals surface area (Å²) < 4.78 is 5.49. The summed E-state index contributed by atoms with van der Waals surface area (Å²) in [7, 11) is 0. The molecule has 0 atom stereocenters. The third-order valence-electron chi connectivity index (χ3n) is 3.65. The minimum Gasteiger partial charge on any atom is -0.465 e. The largest absolute Gasteiger partial charge is 0.465 e. The average molecular weight is 269 g/mol. The zero-order valence-electron chi connectivity index (χ0n) is 11.8. The van der Waals surface area contributed by atoms with Gasteiger partial charge in [0.25, 0.3) is 0 Å². The first-order chi connectivity index (χ1) is 9.65. The standard InChI is InChI=1S/C16H19N3O/c1-16(2)18-10-14(15-6-4-8-20-15)12-19(16)11-13-5-3-7-17-9-13/h3-9,12,18H,10-11H2,1-2H3. The van der Waals surface area contributed by atoms with Crippen molar-refractivity contribution in [1.29, 1.82) is 0 Å². The summed E-state index contributed by atoms with van der Waals surface area (Å²) in [6.45, 7) is 5.99. The summed E-state index contributed by atoms with van der Waals surface area (Å²) in [5.74, 6) is 0.921. The van der Waals surface area contributed by atoms with Crippen LogP contribution in [0.2, 0.25) is 0 Å². The summed E-state index contributed by atoms with van der Waals surface area (Å²) >= 11 is 0. The molecule has 0 unspecified atom stereocenters. The van der Waals surface area contributed by atoms with Crippen LogP contribution in [0.15, 0.2) is 53.5 Å². The molecule has 0 radical (unpaired) electrons. The number of hydrogen-bond donors (Lipinski definition) is 1. The predicted molar refractivity (Wildman–Crippen MR) is 78.5 cm³/mol. The molecule has 0 spiro atoms. The van der Waals surface area contributed by atoms with E-state index in [1.54, 1.807) is 12.5 Å². The molecule has 2 aromatic heterocycles. The first kappa shape index (κ1) is 12.9. The fourth-order valence-electron chi connectivity index (χ4n) is 2.35. The van der Waals surface area contributed by atoms with E-state index in [1.165, 1.54) is 11.1 Å². The van der Waals surface area contributed by atoms with Crippen molar-refractivity contribution in [3.63, 3.8) is 0 Å². The molecule has 3 heterocycles. The highest BCUT2D eigenvalue weighted by atomic mass is 16.3. The maximum atomic E-state index is 5.49. The molecule has 4 heteroatoms. The van der Waals surface area contributed by atoms with E-state index in [9.17, 15) is 0 Å². The van der Waals surface area contributed by atoms with Crippen LogP contribution in [0.25, 0.3) is 5.57 Å². The monoisotopic (exact) mass is 269 g/mol. The van der Waals surface area contributed by atoms with Gasteiger partial charge in [0.15, 0.2) is 0 Å². The van der Waals surface area contributed by atoms with E-state index in [4.69, 9.17) is 4.42 Å². The highest BCUT2D eigenvalue weighted by molar-refractivity contribution is 5.63. The number of aromatic nitrogens is 1. The Morgan fingerprint density at radius 1 is 1.35 bits per heavy atom. The topological polar surface area (TPSA) is 41.3 Å². The molecule has 0 aliphatic carbocycles. The minimum absolute atomic E-state index is 0.0913. The van der Waals surface area contributed by atoms with Gasteiger partial charge in [0.2, 0.25) is 0 Å². The smallest absolute Gasteiger partial charge is 0.132 e. The molecule has 1 aliphatic heterocycles. The van der Waals surface area contributed by atoms with E-state index in [0.29, 0.717) is 0 Å². The Morgan fingerprint density at radius 2 is 2.25 bits per heavy atom. The molecule has 2 aromatic rings. The van der Waals surface area contributed by atoms with Gasteiger partial charge in [-0.1, -0.05) is 6.07 Å². The Kier molecular flexibility index (Phi) is 3.32. The molecule has 1 aliphatic rings. The van der Waals surface area contributed by atoms with Gasteiger partial charge in [0, 0.05) is 37.3 Å².